The van der Waals surface area contributed by atoms with Crippen molar-refractivity contribution in [3.05, 3.63) is 47.8 Å². The molecule has 2 amide bonds. The van der Waals surface area contributed by atoms with E-state index >= 15 is 0 Å². The number of imide groups is 1. The molecule has 0 unspecified atom stereocenters. The van der Waals surface area contributed by atoms with E-state index < -0.39 is 11.8 Å². The molecule has 1 aliphatic rings. The molecule has 2 aromatic heterocycles. The highest BCUT2D eigenvalue weighted by atomic mass is 16.5. The number of H-pyrrole nitrogens is 1. The Labute approximate surface area is 219 Å². The van der Waals surface area contributed by atoms with Gasteiger partial charge in [-0.15, -0.1) is 0 Å². The summed E-state index contributed by atoms with van der Waals surface area (Å²) in [5.41, 5.74) is 3.44. The summed E-state index contributed by atoms with van der Waals surface area (Å²) in [6, 6.07) is 7.35. The Balaban J connectivity index is 1.78. The number of fused-ring (bicyclic) bond motifs is 2. The monoisotopic (exact) mass is 518 g/mol. The Morgan fingerprint density at radius 2 is 1.37 bits per heavy atom. The summed E-state index contributed by atoms with van der Waals surface area (Å²) in [5, 5.41) is 7.18. The normalized spacial score (nSPS) is 13.5. The molecular weight excluding hydrogens is 488 g/mol. The van der Waals surface area contributed by atoms with Crippen molar-refractivity contribution in [1.29, 1.82) is 0 Å². The van der Waals surface area contributed by atoms with Crippen LogP contribution >= 0.6 is 0 Å². The number of carbonyl (C=O) groups is 2. The molecule has 38 heavy (non-hydrogen) atoms. The number of aromatic amines is 1. The Bertz CT molecular complexity index is 1600. The van der Waals surface area contributed by atoms with Gasteiger partial charge in [-0.2, -0.15) is 0 Å². The minimum Gasteiger partial charge on any atom is -0.493 e. The fraction of sp³-hybridized carbons (Fsp3) is 0.286. The minimum atomic E-state index is -0.461. The molecule has 0 aliphatic carbocycles. The molecule has 0 radical (unpaired) electrons. The smallest absolute Gasteiger partial charge is 0.259 e. The molecule has 0 bridgehead atoms. The second-order valence-electron chi connectivity index (χ2n) is 8.91. The summed E-state index contributed by atoms with van der Waals surface area (Å²) in [6.45, 7) is 1.53. The van der Waals surface area contributed by atoms with Crippen LogP contribution in [-0.2, 0) is 16.1 Å². The van der Waals surface area contributed by atoms with Crippen LogP contribution in [0.2, 0.25) is 0 Å². The first-order valence-corrected chi connectivity index (χ1v) is 12.2. The van der Waals surface area contributed by atoms with Crippen molar-refractivity contribution in [2.45, 2.75) is 13.0 Å². The standard InChI is InChI=1S/C28H30N4O6/c1-29-7-6-8-32-14-18(16-10-22(36-3)24(38-5)12-20(16)32)26-25(27(33)31-28(26)34)17-13-30-19-11-23(37-4)21(35-2)9-15(17)19/h9-14,29-30H,6-8H2,1-5H3,(H,31,33,34). The third-order valence-electron chi connectivity index (χ3n) is 6.87. The van der Waals surface area contributed by atoms with Crippen LogP contribution in [0, 0.1) is 0 Å². The van der Waals surface area contributed by atoms with Crippen molar-refractivity contribution in [2.24, 2.45) is 0 Å². The van der Waals surface area contributed by atoms with E-state index in [0.29, 0.717) is 46.2 Å². The van der Waals surface area contributed by atoms with Crippen LogP contribution in [0.4, 0.5) is 0 Å². The van der Waals surface area contributed by atoms with E-state index in [1.54, 1.807) is 46.8 Å². The highest BCUT2D eigenvalue weighted by molar-refractivity contribution is 6.50. The van der Waals surface area contributed by atoms with Crippen molar-refractivity contribution < 1.29 is 28.5 Å². The van der Waals surface area contributed by atoms with E-state index in [0.717, 1.165) is 34.8 Å². The van der Waals surface area contributed by atoms with E-state index in [1.807, 2.05) is 25.4 Å². The van der Waals surface area contributed by atoms with Gasteiger partial charge in [-0.3, -0.25) is 14.9 Å². The Morgan fingerprint density at radius 1 is 0.789 bits per heavy atom. The Morgan fingerprint density at radius 3 is 2.00 bits per heavy atom. The number of amides is 2. The molecule has 198 valence electrons. The maximum Gasteiger partial charge on any atom is 0.259 e. The van der Waals surface area contributed by atoms with Crippen LogP contribution in [0.3, 0.4) is 0 Å². The predicted molar refractivity (Wildman–Crippen MR) is 145 cm³/mol. The second-order valence-corrected chi connectivity index (χ2v) is 8.91. The average Bonchev–Trinajstić information content (AvgIpc) is 3.58. The highest BCUT2D eigenvalue weighted by Gasteiger charge is 2.35. The maximum atomic E-state index is 13.3. The molecule has 3 heterocycles. The Kier molecular flexibility index (Phi) is 6.73. The van der Waals surface area contributed by atoms with Gasteiger partial charge in [0.25, 0.3) is 11.8 Å². The van der Waals surface area contributed by atoms with Gasteiger partial charge < -0.3 is 33.8 Å². The van der Waals surface area contributed by atoms with Crippen LogP contribution in [0.15, 0.2) is 36.7 Å². The zero-order valence-electron chi connectivity index (χ0n) is 22.0. The maximum absolute atomic E-state index is 13.3. The van der Waals surface area contributed by atoms with Gasteiger partial charge >= 0.3 is 0 Å². The topological polar surface area (TPSA) is 116 Å². The van der Waals surface area contributed by atoms with Gasteiger partial charge in [0.1, 0.15) is 0 Å². The van der Waals surface area contributed by atoms with Crippen molar-refractivity contribution in [3.63, 3.8) is 0 Å². The predicted octanol–water partition coefficient (Wildman–Crippen LogP) is 3.33. The lowest BCUT2D eigenvalue weighted by atomic mass is 9.95. The molecule has 5 rings (SSSR count). The molecule has 1 aliphatic heterocycles. The number of methoxy groups -OCH3 is 4. The molecular formula is C28H30N4O6. The molecule has 2 aromatic carbocycles. The van der Waals surface area contributed by atoms with Crippen molar-refractivity contribution >= 4 is 44.8 Å². The van der Waals surface area contributed by atoms with Crippen LogP contribution in [0.1, 0.15) is 17.5 Å². The molecule has 0 saturated heterocycles. The van der Waals surface area contributed by atoms with Gasteiger partial charge in [0.2, 0.25) is 0 Å². The first kappa shape index (κ1) is 25.2. The number of aromatic nitrogens is 2. The number of nitrogens with one attached hydrogen (secondary N) is 3. The third-order valence-corrected chi connectivity index (χ3v) is 6.87. The second kappa shape index (κ2) is 10.1. The lowest BCUT2D eigenvalue weighted by Gasteiger charge is -2.10. The summed E-state index contributed by atoms with van der Waals surface area (Å²) in [7, 11) is 8.18. The summed E-state index contributed by atoms with van der Waals surface area (Å²) in [6.07, 6.45) is 4.52. The zero-order valence-corrected chi connectivity index (χ0v) is 22.0. The number of nitrogens with zero attached hydrogens (tertiary/aromatic N) is 1. The molecule has 0 saturated carbocycles. The van der Waals surface area contributed by atoms with E-state index in [4.69, 9.17) is 18.9 Å². The zero-order chi connectivity index (χ0) is 27.0. The number of ether oxygens (including phenoxy) is 4. The summed E-state index contributed by atoms with van der Waals surface area (Å²) >= 11 is 0. The molecule has 0 atom stereocenters. The quantitative estimate of drug-likeness (QED) is 0.218. The van der Waals surface area contributed by atoms with Gasteiger partial charge in [-0.25, -0.2) is 0 Å². The highest BCUT2D eigenvalue weighted by Crippen LogP contribution is 2.43. The van der Waals surface area contributed by atoms with E-state index in [-0.39, 0.29) is 5.57 Å². The molecule has 10 heteroatoms. The lowest BCUT2D eigenvalue weighted by Crippen LogP contribution is -2.22. The van der Waals surface area contributed by atoms with E-state index in [1.165, 1.54) is 0 Å². The number of benzene rings is 2. The molecule has 4 aromatic rings. The minimum absolute atomic E-state index is 0.289. The molecule has 3 N–H and O–H groups in total. The van der Waals surface area contributed by atoms with Gasteiger partial charge in [-0.05, 0) is 32.1 Å². The van der Waals surface area contributed by atoms with Crippen molar-refractivity contribution in [2.75, 3.05) is 42.0 Å². The molecule has 0 spiro atoms. The number of carbonyl (C=O) groups excluding carboxylic acids is 2. The molecule has 0 fully saturated rings. The third kappa shape index (κ3) is 4.03. The van der Waals surface area contributed by atoms with Crippen LogP contribution < -0.4 is 29.6 Å². The van der Waals surface area contributed by atoms with Gasteiger partial charge in [0.05, 0.1) is 45.1 Å². The van der Waals surface area contributed by atoms with Gasteiger partial charge in [0, 0.05) is 58.5 Å². The summed E-state index contributed by atoms with van der Waals surface area (Å²) in [5.74, 6) is 1.27. The van der Waals surface area contributed by atoms with E-state index in [9.17, 15) is 9.59 Å². The lowest BCUT2D eigenvalue weighted by molar-refractivity contribution is -0.122. The van der Waals surface area contributed by atoms with Crippen molar-refractivity contribution in [1.82, 2.24) is 20.2 Å². The van der Waals surface area contributed by atoms with Crippen LogP contribution in [-0.4, -0.2) is 63.4 Å². The van der Waals surface area contributed by atoms with Crippen LogP contribution in [0.25, 0.3) is 33.0 Å². The summed E-state index contributed by atoms with van der Waals surface area (Å²) < 4.78 is 24.1. The first-order valence-electron chi connectivity index (χ1n) is 12.2. The number of hydrogen-bond acceptors (Lipinski definition) is 7. The SMILES string of the molecule is CNCCCn1cc(C2=C(c3c[nH]c4cc(OC)c(OC)cc34)C(=O)NC2=O)c2cc(OC)c(OC)cc21. The van der Waals surface area contributed by atoms with Gasteiger partial charge in [0.15, 0.2) is 23.0 Å². The largest absolute Gasteiger partial charge is 0.493 e. The van der Waals surface area contributed by atoms with Crippen LogP contribution in [0.5, 0.6) is 23.0 Å². The average molecular weight is 519 g/mol. The Hall–Kier alpha value is -4.44. The fourth-order valence-corrected chi connectivity index (χ4v) is 5.05. The van der Waals surface area contributed by atoms with Gasteiger partial charge in [-0.1, -0.05) is 0 Å². The number of aryl methyl sites for hydroxylation is 1. The van der Waals surface area contributed by atoms with Crippen molar-refractivity contribution in [3.8, 4) is 23.0 Å². The fourth-order valence-electron chi connectivity index (χ4n) is 5.05. The van der Waals surface area contributed by atoms with E-state index in [2.05, 4.69) is 20.2 Å². The number of hydrogen-bond donors (Lipinski definition) is 3. The first-order chi connectivity index (χ1) is 18.4. The summed E-state index contributed by atoms with van der Waals surface area (Å²) in [4.78, 5) is 29.8. The molecule has 10 nitrogen and oxygen atoms in total. The number of rotatable bonds is 10.